The van der Waals surface area contributed by atoms with Crippen molar-refractivity contribution in [3.05, 3.63) is 69.9 Å². The van der Waals surface area contributed by atoms with Gasteiger partial charge in [-0.1, -0.05) is 44.2 Å². The molecule has 0 unspecified atom stereocenters. The molecule has 2 aromatic carbocycles. The van der Waals surface area contributed by atoms with Crippen LogP contribution in [0.3, 0.4) is 0 Å². The number of hydrogen-bond acceptors (Lipinski definition) is 7. The number of rotatable bonds is 8. The van der Waals surface area contributed by atoms with Crippen molar-refractivity contribution in [1.29, 1.82) is 0 Å². The number of ether oxygens (including phenoxy) is 1. The first kappa shape index (κ1) is 34.3. The summed E-state index contributed by atoms with van der Waals surface area (Å²) in [5.74, 6) is -1.03. The lowest BCUT2D eigenvalue weighted by molar-refractivity contribution is -0.148. The molecule has 3 fully saturated rings. The highest BCUT2D eigenvalue weighted by atomic mass is 32.1. The van der Waals surface area contributed by atoms with Gasteiger partial charge in [-0.25, -0.2) is 14.8 Å². The fraction of sp³-hybridized carbons (Fsp3) is 0.475. The van der Waals surface area contributed by atoms with Crippen LogP contribution in [0.5, 0.6) is 0 Å². The van der Waals surface area contributed by atoms with Gasteiger partial charge in [-0.2, -0.15) is 0 Å². The molecule has 0 spiro atoms. The Morgan fingerprint density at radius 3 is 2.38 bits per heavy atom. The van der Waals surface area contributed by atoms with Gasteiger partial charge in [-0.05, 0) is 98.0 Å². The number of nitrogens with zero attached hydrogens (tertiary/aromatic N) is 4. The molecule has 0 atom stereocenters. The zero-order valence-corrected chi connectivity index (χ0v) is 30.1. The van der Waals surface area contributed by atoms with Crippen LogP contribution < -0.4 is 0 Å². The minimum atomic E-state index is -1.22. The molecule has 262 valence electrons. The Kier molecular flexibility index (Phi) is 9.76. The van der Waals surface area contributed by atoms with E-state index >= 15 is 0 Å². The van der Waals surface area contributed by atoms with Gasteiger partial charge >= 0.3 is 5.97 Å². The number of aliphatic carboxylic acids is 1. The molecule has 2 amide bonds. The highest BCUT2D eigenvalue weighted by Gasteiger charge is 2.47. The Hall–Kier alpha value is -4.15. The minimum Gasteiger partial charge on any atom is -0.479 e. The van der Waals surface area contributed by atoms with Gasteiger partial charge in [-0.3, -0.25) is 9.59 Å². The Morgan fingerprint density at radius 1 is 0.960 bits per heavy atom. The predicted octanol–water partition coefficient (Wildman–Crippen LogP) is 7.56. The quantitative estimate of drug-likeness (QED) is 0.203. The number of aromatic nitrogens is 2. The van der Waals surface area contributed by atoms with Gasteiger partial charge in [0.05, 0.1) is 46.4 Å². The summed E-state index contributed by atoms with van der Waals surface area (Å²) in [5.41, 5.74) is 5.87. The van der Waals surface area contributed by atoms with E-state index in [1.165, 1.54) is 11.3 Å². The van der Waals surface area contributed by atoms with E-state index in [1.807, 2.05) is 30.9 Å². The third kappa shape index (κ3) is 6.55. The highest BCUT2D eigenvalue weighted by Crippen LogP contribution is 2.43. The molecular formula is C40H46N4O5S. The normalized spacial score (nSPS) is 18.0. The van der Waals surface area contributed by atoms with Gasteiger partial charge in [0.1, 0.15) is 5.54 Å². The van der Waals surface area contributed by atoms with Crippen LogP contribution in [0.15, 0.2) is 42.5 Å². The van der Waals surface area contributed by atoms with E-state index in [0.717, 1.165) is 93.0 Å². The molecule has 2 aliphatic carbocycles. The summed E-state index contributed by atoms with van der Waals surface area (Å²) < 4.78 is 5.53. The van der Waals surface area contributed by atoms with Crippen LogP contribution in [0.4, 0.5) is 0 Å². The smallest absolute Gasteiger partial charge is 0.329 e. The van der Waals surface area contributed by atoms with Crippen LogP contribution in [0, 0.1) is 13.8 Å². The van der Waals surface area contributed by atoms with Crippen LogP contribution in [0.1, 0.15) is 95.9 Å². The van der Waals surface area contributed by atoms with Crippen LogP contribution in [0.25, 0.3) is 32.6 Å². The molecule has 2 saturated carbocycles. The number of fused-ring (bicyclic) bond motifs is 1. The summed E-state index contributed by atoms with van der Waals surface area (Å²) in [5, 5.41) is 12.3. The second-order valence-electron chi connectivity index (χ2n) is 14.3. The lowest BCUT2D eigenvalue weighted by atomic mass is 9.78. The van der Waals surface area contributed by atoms with E-state index < -0.39 is 11.5 Å². The molecule has 2 aromatic heterocycles. The number of hydrogen-bond donors (Lipinski definition) is 1. The Bertz CT molecular complexity index is 1940. The number of amides is 2. The molecule has 4 aromatic rings. The molecule has 3 aliphatic rings. The number of thiazole rings is 1. The molecular weight excluding hydrogens is 649 g/mol. The summed E-state index contributed by atoms with van der Waals surface area (Å²) in [6.45, 7) is 6.11. The van der Waals surface area contributed by atoms with Gasteiger partial charge in [-0.15, -0.1) is 11.3 Å². The zero-order chi connectivity index (χ0) is 35.0. The van der Waals surface area contributed by atoms with E-state index in [-0.39, 0.29) is 24.2 Å². The number of pyridine rings is 1. The van der Waals surface area contributed by atoms with Gasteiger partial charge in [0.25, 0.3) is 5.91 Å². The van der Waals surface area contributed by atoms with Crippen LogP contribution in [-0.4, -0.2) is 81.5 Å². The maximum absolute atomic E-state index is 14.4. The number of carbonyl (C=O) groups is 3. The lowest BCUT2D eigenvalue weighted by Gasteiger charge is -2.35. The summed E-state index contributed by atoms with van der Waals surface area (Å²) in [7, 11) is 1.63. The molecule has 3 heterocycles. The lowest BCUT2D eigenvalue weighted by Crippen LogP contribution is -2.53. The first-order valence-corrected chi connectivity index (χ1v) is 18.9. The Balaban J connectivity index is 1.36. The van der Waals surface area contributed by atoms with Gasteiger partial charge < -0.3 is 19.6 Å². The Labute approximate surface area is 297 Å². The number of carboxylic acids is 1. The third-order valence-corrected chi connectivity index (χ3v) is 12.2. The van der Waals surface area contributed by atoms with E-state index in [2.05, 4.69) is 35.3 Å². The number of morpholine rings is 1. The standard InChI is InChI=1S/C40H46N4O5S/c1-25-37(50-26(2)41-25)34-14-11-28-21-29(12-13-33(28)42-34)36-30(24-35(45)44-17-19-49-20-18-44)22-31(23-32(36)27-9-5-4-6-10-27)38(46)43(3)40(39(47)48)15-7-8-16-40/h11-14,21-23,27H,4-10,15-20,24H2,1-3H3,(H,47,48). The number of carboxylic acid groups (broad SMARTS) is 1. The predicted molar refractivity (Wildman–Crippen MR) is 196 cm³/mol. The second kappa shape index (κ2) is 14.2. The zero-order valence-electron chi connectivity index (χ0n) is 29.3. The second-order valence-corrected chi connectivity index (χ2v) is 15.5. The van der Waals surface area contributed by atoms with Gasteiger partial charge in [0.15, 0.2) is 0 Å². The first-order chi connectivity index (χ1) is 24.1. The van der Waals surface area contributed by atoms with E-state index in [1.54, 1.807) is 18.4 Å². The van der Waals surface area contributed by atoms with Crippen molar-refractivity contribution in [3.63, 3.8) is 0 Å². The molecule has 9 nitrogen and oxygen atoms in total. The summed E-state index contributed by atoms with van der Waals surface area (Å²) in [4.78, 5) is 54.8. The molecule has 10 heteroatoms. The molecule has 1 aliphatic heterocycles. The summed E-state index contributed by atoms with van der Waals surface area (Å²) >= 11 is 1.65. The van der Waals surface area contributed by atoms with E-state index in [9.17, 15) is 19.5 Å². The van der Waals surface area contributed by atoms with E-state index in [0.29, 0.717) is 44.7 Å². The van der Waals surface area contributed by atoms with Crippen molar-refractivity contribution in [1.82, 2.24) is 19.8 Å². The van der Waals surface area contributed by atoms with Crippen molar-refractivity contribution in [2.45, 2.75) is 89.5 Å². The largest absolute Gasteiger partial charge is 0.479 e. The van der Waals surface area contributed by atoms with Crippen molar-refractivity contribution in [2.75, 3.05) is 33.4 Å². The highest BCUT2D eigenvalue weighted by molar-refractivity contribution is 7.15. The number of benzene rings is 2. The molecule has 50 heavy (non-hydrogen) atoms. The number of aryl methyl sites for hydroxylation is 2. The SMILES string of the molecule is Cc1nc(C)c(-c2ccc3cc(-c4c(CC(=O)N5CCOCC5)cc(C(=O)N(C)C5(C(=O)O)CCCC5)cc4C4CCCCC4)ccc3n2)s1. The van der Waals surface area contributed by atoms with Gasteiger partial charge in [0.2, 0.25) is 5.91 Å². The number of carbonyl (C=O) groups excluding carboxylic acids is 2. The topological polar surface area (TPSA) is 113 Å². The molecule has 0 bridgehead atoms. The van der Waals surface area contributed by atoms with Crippen molar-refractivity contribution < 1.29 is 24.2 Å². The van der Waals surface area contributed by atoms with Crippen molar-refractivity contribution >= 4 is 40.0 Å². The monoisotopic (exact) mass is 694 g/mol. The summed E-state index contributed by atoms with van der Waals surface area (Å²) in [6.07, 6.45) is 7.97. The average Bonchev–Trinajstić information content (AvgIpc) is 3.78. The van der Waals surface area contributed by atoms with Crippen molar-refractivity contribution in [2.24, 2.45) is 0 Å². The summed E-state index contributed by atoms with van der Waals surface area (Å²) in [6, 6.07) is 14.3. The van der Waals surface area contributed by atoms with Gasteiger partial charge in [0, 0.05) is 31.1 Å². The minimum absolute atomic E-state index is 0.00205. The molecule has 1 saturated heterocycles. The fourth-order valence-electron chi connectivity index (χ4n) is 8.38. The van der Waals surface area contributed by atoms with E-state index in [4.69, 9.17) is 9.72 Å². The fourth-order valence-corrected chi connectivity index (χ4v) is 9.27. The van der Waals surface area contributed by atoms with Crippen molar-refractivity contribution in [3.8, 4) is 21.7 Å². The average molecular weight is 695 g/mol. The van der Waals surface area contributed by atoms with Crippen LogP contribution in [0.2, 0.25) is 0 Å². The number of likely N-dealkylation sites (N-methyl/N-ethyl adjacent to an activating group) is 1. The Morgan fingerprint density at radius 2 is 1.70 bits per heavy atom. The molecule has 1 N–H and O–H groups in total. The molecule has 0 radical (unpaired) electrons. The first-order valence-electron chi connectivity index (χ1n) is 18.0. The molecule has 7 rings (SSSR count). The maximum atomic E-state index is 14.4. The maximum Gasteiger partial charge on any atom is 0.329 e. The third-order valence-electron chi connectivity index (χ3n) is 11.1. The van der Waals surface area contributed by atoms with Crippen LogP contribution >= 0.6 is 11.3 Å². The van der Waals surface area contributed by atoms with Crippen LogP contribution in [-0.2, 0) is 20.7 Å².